The van der Waals surface area contributed by atoms with Crippen LogP contribution < -0.4 is 4.90 Å². The molecule has 6 rings (SSSR count). The first-order valence-corrected chi connectivity index (χ1v) is 13.4. The Hall–Kier alpha value is -4.50. The summed E-state index contributed by atoms with van der Waals surface area (Å²) in [5.41, 5.74) is 5.89. The maximum absolute atomic E-state index is 5.75. The van der Waals surface area contributed by atoms with E-state index in [-0.39, 0.29) is 12.1 Å². The molecule has 40 heavy (non-hydrogen) atoms. The highest BCUT2D eigenvalue weighted by molar-refractivity contribution is 5.81. The van der Waals surface area contributed by atoms with Crippen molar-refractivity contribution >= 4 is 23.2 Å². The molecule has 1 aliphatic carbocycles. The molecule has 0 fully saturated rings. The molecule has 4 heterocycles. The van der Waals surface area contributed by atoms with E-state index in [1.807, 2.05) is 50.2 Å². The Morgan fingerprint density at radius 1 is 1.02 bits per heavy atom. The molecule has 0 amide bonds. The average molecular weight is 536 g/mol. The maximum Gasteiger partial charge on any atom is 0.133 e. The third-order valence-electron chi connectivity index (χ3n) is 7.40. The van der Waals surface area contributed by atoms with Crippen molar-refractivity contribution in [3.8, 4) is 11.1 Å². The van der Waals surface area contributed by atoms with Gasteiger partial charge in [0.2, 0.25) is 0 Å². The zero-order valence-corrected chi connectivity index (χ0v) is 23.0. The molecule has 3 aromatic heterocycles. The van der Waals surface area contributed by atoms with Crippen LogP contribution in [0.15, 0.2) is 95.7 Å². The van der Waals surface area contributed by atoms with Crippen molar-refractivity contribution in [2.75, 3.05) is 32.2 Å². The van der Waals surface area contributed by atoms with Crippen molar-refractivity contribution in [3.63, 3.8) is 0 Å². The van der Waals surface area contributed by atoms with Gasteiger partial charge in [-0.3, -0.25) is 14.7 Å². The monoisotopic (exact) mass is 535 g/mol. The molecule has 1 aliphatic heterocycles. The van der Waals surface area contributed by atoms with Gasteiger partial charge in [0.1, 0.15) is 11.6 Å². The van der Waals surface area contributed by atoms with Gasteiger partial charge >= 0.3 is 0 Å². The Morgan fingerprint density at radius 3 is 2.67 bits per heavy atom. The normalized spacial score (nSPS) is 18.6. The zero-order chi connectivity index (χ0) is 27.5. The zero-order valence-electron chi connectivity index (χ0n) is 23.0. The summed E-state index contributed by atoms with van der Waals surface area (Å²) in [5.74, 6) is 1.71. The van der Waals surface area contributed by atoms with Crippen molar-refractivity contribution in [3.05, 3.63) is 96.3 Å². The summed E-state index contributed by atoms with van der Waals surface area (Å²) in [6, 6.07) is 16.8. The van der Waals surface area contributed by atoms with Crippen LogP contribution in [-0.2, 0) is 23.1 Å². The van der Waals surface area contributed by atoms with Crippen LogP contribution in [-0.4, -0.2) is 70.4 Å². The van der Waals surface area contributed by atoms with E-state index in [4.69, 9.17) is 14.5 Å². The van der Waals surface area contributed by atoms with Gasteiger partial charge in [-0.15, -0.1) is 0 Å². The lowest BCUT2D eigenvalue weighted by molar-refractivity contribution is 0.120. The summed E-state index contributed by atoms with van der Waals surface area (Å²) < 4.78 is 13.2. The molecule has 0 saturated carbocycles. The van der Waals surface area contributed by atoms with Crippen molar-refractivity contribution in [2.24, 2.45) is 12.0 Å². The van der Waals surface area contributed by atoms with Crippen LogP contribution >= 0.6 is 0 Å². The molecule has 0 N–H and O–H groups in total. The van der Waals surface area contributed by atoms with Crippen LogP contribution in [0.25, 0.3) is 22.2 Å². The second-order valence-electron chi connectivity index (χ2n) is 10.1. The first-order valence-electron chi connectivity index (χ1n) is 13.4. The molecule has 2 unspecified atom stereocenters. The highest BCUT2D eigenvalue weighted by atomic mass is 16.5. The second-order valence-corrected chi connectivity index (χ2v) is 10.1. The van der Waals surface area contributed by atoms with Crippen LogP contribution in [0.1, 0.15) is 12.0 Å². The van der Waals surface area contributed by atoms with E-state index in [0.29, 0.717) is 19.5 Å². The summed E-state index contributed by atoms with van der Waals surface area (Å²) in [7, 11) is 5.35. The molecule has 204 valence electrons. The molecule has 4 aromatic rings. The number of benzene rings is 1. The van der Waals surface area contributed by atoms with Crippen LogP contribution in [0.5, 0.6) is 0 Å². The van der Waals surface area contributed by atoms with E-state index in [9.17, 15) is 0 Å². The lowest BCUT2D eigenvalue weighted by Gasteiger charge is -2.34. The minimum absolute atomic E-state index is 0.0861. The van der Waals surface area contributed by atoms with E-state index in [2.05, 4.69) is 67.4 Å². The van der Waals surface area contributed by atoms with E-state index < -0.39 is 0 Å². The fourth-order valence-corrected chi connectivity index (χ4v) is 5.20. The number of allylic oxidation sites excluding steroid dienone is 1. The molecule has 0 spiro atoms. The highest BCUT2D eigenvalue weighted by Gasteiger charge is 2.28. The number of pyridine rings is 2. The fourth-order valence-electron chi connectivity index (χ4n) is 5.20. The van der Waals surface area contributed by atoms with Gasteiger partial charge in [0, 0.05) is 62.9 Å². The first-order chi connectivity index (χ1) is 19.6. The second kappa shape index (κ2) is 11.3. The predicted molar refractivity (Wildman–Crippen MR) is 157 cm³/mol. The van der Waals surface area contributed by atoms with Gasteiger partial charge in [0.05, 0.1) is 49.4 Å². The smallest absolute Gasteiger partial charge is 0.133 e. The summed E-state index contributed by atoms with van der Waals surface area (Å²) in [6.45, 7) is 2.20. The number of ether oxygens (including phenoxy) is 2. The van der Waals surface area contributed by atoms with Gasteiger partial charge in [-0.25, -0.2) is 4.98 Å². The largest absolute Gasteiger partial charge is 0.501 e. The van der Waals surface area contributed by atoms with Gasteiger partial charge in [0.25, 0.3) is 0 Å². The Labute approximate surface area is 234 Å². The van der Waals surface area contributed by atoms with E-state index in [0.717, 1.165) is 46.0 Å². The molecule has 0 bridgehead atoms. The van der Waals surface area contributed by atoms with Crippen molar-refractivity contribution in [1.82, 2.24) is 24.6 Å². The lowest BCUT2D eigenvalue weighted by atomic mass is 10.1. The number of nitrogens with zero attached hydrogens (tertiary/aromatic N) is 7. The third kappa shape index (κ3) is 5.46. The molecular formula is C31H33N7O2. The van der Waals surface area contributed by atoms with Gasteiger partial charge in [-0.05, 0) is 35.9 Å². The van der Waals surface area contributed by atoms with Crippen LogP contribution in [0.3, 0.4) is 0 Å². The molecule has 0 radical (unpaired) electrons. The van der Waals surface area contributed by atoms with E-state index >= 15 is 0 Å². The first kappa shape index (κ1) is 25.8. The minimum atomic E-state index is -0.0861. The van der Waals surface area contributed by atoms with Crippen molar-refractivity contribution < 1.29 is 9.47 Å². The number of fused-ring (bicyclic) bond motifs is 1. The molecule has 9 nitrogen and oxygen atoms in total. The van der Waals surface area contributed by atoms with Crippen molar-refractivity contribution in [2.45, 2.75) is 25.1 Å². The molecule has 1 aromatic carbocycles. The quantitative estimate of drug-likeness (QED) is 0.310. The fraction of sp³-hybridized carbons (Fsp3) is 0.290. The molecule has 0 saturated heterocycles. The predicted octanol–water partition coefficient (Wildman–Crippen LogP) is 4.58. The van der Waals surface area contributed by atoms with E-state index in [1.54, 1.807) is 18.9 Å². The Morgan fingerprint density at radius 2 is 1.90 bits per heavy atom. The van der Waals surface area contributed by atoms with E-state index in [1.165, 1.54) is 5.56 Å². The number of aromatic nitrogens is 4. The Balaban J connectivity index is 1.37. The van der Waals surface area contributed by atoms with Gasteiger partial charge in [0.15, 0.2) is 0 Å². The lowest BCUT2D eigenvalue weighted by Crippen LogP contribution is -2.42. The number of methoxy groups -OCH3 is 2. The van der Waals surface area contributed by atoms with Gasteiger partial charge in [-0.1, -0.05) is 30.3 Å². The molecule has 9 heteroatoms. The average Bonchev–Trinajstić information content (AvgIpc) is 3.63. The maximum atomic E-state index is 5.75. The van der Waals surface area contributed by atoms with Crippen LogP contribution in [0.4, 0.5) is 5.82 Å². The summed E-state index contributed by atoms with van der Waals surface area (Å²) in [5, 5.41) is 4.31. The van der Waals surface area contributed by atoms with Crippen LogP contribution in [0, 0.1) is 0 Å². The number of anilines is 1. The molecule has 2 atom stereocenters. The Bertz CT molecular complexity index is 1580. The SMILES string of the molecule is COC1=CC(N(CC2CN=CN2Cc2ccccc2)c2ccc3ncc(-c4cnn(C)c4)cc3n2)=CC(OC)C1. The summed E-state index contributed by atoms with van der Waals surface area (Å²) in [4.78, 5) is 19.0. The summed E-state index contributed by atoms with van der Waals surface area (Å²) >= 11 is 0. The minimum Gasteiger partial charge on any atom is -0.501 e. The standard InChI is InChI=1S/C31H33N7O2/c1-36-19-24(16-34-36)23-11-30-29(33-15-23)9-10-31(35-30)38(25-12-27(39-2)14-28(13-25)40-3)20-26-17-32-21-37(26)18-22-7-5-4-6-8-22/h4-13,15-16,19,21,26-27H,14,17-18,20H2,1-3H3. The van der Waals surface area contributed by atoms with Gasteiger partial charge < -0.3 is 19.3 Å². The number of rotatable bonds is 9. The Kier molecular flexibility index (Phi) is 7.29. The number of aliphatic imine (C=N–C) groups is 1. The molecular weight excluding hydrogens is 502 g/mol. The van der Waals surface area contributed by atoms with Gasteiger partial charge in [-0.2, -0.15) is 5.10 Å². The highest BCUT2D eigenvalue weighted by Crippen LogP contribution is 2.30. The summed E-state index contributed by atoms with van der Waals surface area (Å²) in [6.07, 6.45) is 12.5. The number of hydrogen-bond donors (Lipinski definition) is 0. The topological polar surface area (TPSA) is 80.9 Å². The van der Waals surface area contributed by atoms with Crippen LogP contribution in [0.2, 0.25) is 0 Å². The number of aryl methyl sites for hydroxylation is 1. The third-order valence-corrected chi connectivity index (χ3v) is 7.40. The van der Waals surface area contributed by atoms with Crippen molar-refractivity contribution in [1.29, 1.82) is 0 Å². The number of hydrogen-bond acceptors (Lipinski definition) is 8. The molecule has 2 aliphatic rings.